The SMILES string of the molecule is CCCCCCCC(CC)(NC(=O)[C@@H]1CCCN1C(=O)CNC(=O)N[C@H](C(=O)C1CC1)C1CCCCC1)C(=O)O. The molecule has 4 amide bonds. The van der Waals surface area contributed by atoms with Crippen molar-refractivity contribution in [1.29, 1.82) is 0 Å². The van der Waals surface area contributed by atoms with E-state index in [-0.39, 0.29) is 30.6 Å². The van der Waals surface area contributed by atoms with Crippen LogP contribution in [0.25, 0.3) is 0 Å². The Balaban J connectivity index is 1.54. The standard InChI is InChI=1S/C30H50N4O6/c1-3-5-6-7-11-18-30(4-2,28(38)39)33-27(37)23-15-12-19-34(23)24(35)20-31-29(40)32-25(26(36)22-16-17-22)21-13-9-8-10-14-21/h21-23,25H,3-20H2,1-2H3,(H,33,37)(H,38,39)(H2,31,32,40)/t23-,25-,30?/m0/s1. The zero-order valence-electron chi connectivity index (χ0n) is 24.5. The number of carbonyl (C=O) groups excluding carboxylic acids is 4. The molecule has 1 heterocycles. The number of ketones is 1. The van der Waals surface area contributed by atoms with Crippen molar-refractivity contribution in [3.05, 3.63) is 0 Å². The lowest BCUT2D eigenvalue weighted by molar-refractivity contribution is -0.149. The van der Waals surface area contributed by atoms with Gasteiger partial charge < -0.3 is 26.0 Å². The molecular formula is C30H50N4O6. The number of carbonyl (C=O) groups is 5. The van der Waals surface area contributed by atoms with Crippen molar-refractivity contribution in [3.63, 3.8) is 0 Å². The number of hydrogen-bond donors (Lipinski definition) is 4. The van der Waals surface area contributed by atoms with E-state index in [2.05, 4.69) is 22.9 Å². The number of hydrogen-bond acceptors (Lipinski definition) is 5. The molecule has 1 saturated heterocycles. The van der Waals surface area contributed by atoms with Gasteiger partial charge in [0.2, 0.25) is 11.8 Å². The van der Waals surface area contributed by atoms with Crippen molar-refractivity contribution < 1.29 is 29.1 Å². The third-order valence-electron chi connectivity index (χ3n) is 9.05. The van der Waals surface area contributed by atoms with E-state index in [0.717, 1.165) is 70.6 Å². The van der Waals surface area contributed by atoms with Crippen molar-refractivity contribution in [1.82, 2.24) is 20.9 Å². The van der Waals surface area contributed by atoms with Crippen LogP contribution in [0.4, 0.5) is 4.79 Å². The van der Waals surface area contributed by atoms with Gasteiger partial charge in [-0.05, 0) is 57.3 Å². The van der Waals surface area contributed by atoms with Crippen LogP contribution < -0.4 is 16.0 Å². The van der Waals surface area contributed by atoms with Gasteiger partial charge in [0.1, 0.15) is 11.6 Å². The van der Waals surface area contributed by atoms with E-state index in [1.165, 1.54) is 4.90 Å². The second kappa shape index (κ2) is 15.4. The van der Waals surface area contributed by atoms with Crippen molar-refractivity contribution in [2.45, 2.75) is 134 Å². The first-order valence-corrected chi connectivity index (χ1v) is 15.6. The third-order valence-corrected chi connectivity index (χ3v) is 9.05. The summed E-state index contributed by atoms with van der Waals surface area (Å²) in [7, 11) is 0. The van der Waals surface area contributed by atoms with Crippen LogP contribution in [0, 0.1) is 11.8 Å². The van der Waals surface area contributed by atoms with Gasteiger partial charge in [-0.2, -0.15) is 0 Å². The predicted molar refractivity (Wildman–Crippen MR) is 152 cm³/mol. The number of rotatable bonds is 16. The molecule has 2 aliphatic carbocycles. The second-order valence-electron chi connectivity index (χ2n) is 12.0. The van der Waals surface area contributed by atoms with E-state index in [4.69, 9.17) is 0 Å². The highest BCUT2D eigenvalue weighted by atomic mass is 16.4. The number of amides is 4. The summed E-state index contributed by atoms with van der Waals surface area (Å²) in [4.78, 5) is 65.7. The molecule has 1 unspecified atom stereocenters. The minimum absolute atomic E-state index is 0.0371. The Morgan fingerprint density at radius 2 is 1.60 bits per heavy atom. The lowest BCUT2D eigenvalue weighted by Gasteiger charge is -2.33. The smallest absolute Gasteiger partial charge is 0.329 e. The first-order valence-electron chi connectivity index (χ1n) is 15.6. The van der Waals surface area contributed by atoms with E-state index in [1.54, 1.807) is 6.92 Å². The van der Waals surface area contributed by atoms with E-state index >= 15 is 0 Å². The molecular weight excluding hydrogens is 512 g/mol. The van der Waals surface area contributed by atoms with Crippen LogP contribution in [0.15, 0.2) is 0 Å². The molecule has 4 N–H and O–H groups in total. The topological polar surface area (TPSA) is 145 Å². The summed E-state index contributed by atoms with van der Waals surface area (Å²) in [6, 6.07) is -1.83. The molecule has 3 aliphatic rings. The van der Waals surface area contributed by atoms with Gasteiger partial charge in [0.05, 0.1) is 12.6 Å². The number of nitrogens with zero attached hydrogens (tertiary/aromatic N) is 1. The monoisotopic (exact) mass is 562 g/mol. The Bertz CT molecular complexity index is 901. The van der Waals surface area contributed by atoms with Crippen LogP contribution in [0.3, 0.4) is 0 Å². The van der Waals surface area contributed by atoms with E-state index in [1.807, 2.05) is 0 Å². The third kappa shape index (κ3) is 8.67. The fourth-order valence-electron chi connectivity index (χ4n) is 6.29. The zero-order valence-corrected chi connectivity index (χ0v) is 24.5. The Morgan fingerprint density at radius 3 is 2.23 bits per heavy atom. The van der Waals surface area contributed by atoms with Crippen LogP contribution in [0.2, 0.25) is 0 Å². The van der Waals surface area contributed by atoms with Crippen LogP contribution in [-0.2, 0) is 19.2 Å². The fourth-order valence-corrected chi connectivity index (χ4v) is 6.29. The molecule has 10 nitrogen and oxygen atoms in total. The molecule has 1 aliphatic heterocycles. The lowest BCUT2D eigenvalue weighted by atomic mass is 9.81. The normalized spacial score (nSPS) is 21.8. The fraction of sp³-hybridized carbons (Fsp3) is 0.833. The Labute approximate surface area is 238 Å². The minimum Gasteiger partial charge on any atom is -0.480 e. The largest absolute Gasteiger partial charge is 0.480 e. The first kappa shape index (κ1) is 31.9. The van der Waals surface area contributed by atoms with Crippen LogP contribution in [0.5, 0.6) is 0 Å². The van der Waals surface area contributed by atoms with Gasteiger partial charge >= 0.3 is 12.0 Å². The molecule has 40 heavy (non-hydrogen) atoms. The summed E-state index contributed by atoms with van der Waals surface area (Å²) >= 11 is 0. The number of carboxylic acids is 1. The zero-order chi connectivity index (χ0) is 29.1. The molecule has 0 aromatic rings. The first-order chi connectivity index (χ1) is 19.2. The number of Topliss-reactive ketones (excluding diaryl/α,β-unsaturated/α-hetero) is 1. The summed E-state index contributed by atoms with van der Waals surface area (Å²) in [6.45, 7) is 3.96. The number of aliphatic carboxylic acids is 1. The summed E-state index contributed by atoms with van der Waals surface area (Å²) in [6.07, 6.45) is 13.4. The van der Waals surface area contributed by atoms with Gasteiger partial charge in [0.25, 0.3) is 0 Å². The maximum atomic E-state index is 13.3. The molecule has 0 aromatic heterocycles. The highest BCUT2D eigenvalue weighted by molar-refractivity contribution is 5.95. The molecule has 2 saturated carbocycles. The van der Waals surface area contributed by atoms with Crippen LogP contribution >= 0.6 is 0 Å². The quantitative estimate of drug-likeness (QED) is 0.210. The Hall–Kier alpha value is -2.65. The van der Waals surface area contributed by atoms with Crippen LogP contribution in [-0.4, -0.2) is 70.3 Å². The molecule has 0 spiro atoms. The summed E-state index contributed by atoms with van der Waals surface area (Å²) in [5, 5.41) is 18.3. The van der Waals surface area contributed by atoms with E-state index < -0.39 is 41.4 Å². The van der Waals surface area contributed by atoms with Gasteiger partial charge in [-0.15, -0.1) is 0 Å². The van der Waals surface area contributed by atoms with Gasteiger partial charge in [0.15, 0.2) is 5.78 Å². The van der Waals surface area contributed by atoms with Gasteiger partial charge in [-0.1, -0.05) is 65.2 Å². The summed E-state index contributed by atoms with van der Waals surface area (Å²) < 4.78 is 0. The molecule has 3 atom stereocenters. The number of likely N-dealkylation sites (tertiary alicyclic amines) is 1. The molecule has 3 fully saturated rings. The molecule has 0 bridgehead atoms. The lowest BCUT2D eigenvalue weighted by Crippen LogP contribution is -2.59. The second-order valence-corrected chi connectivity index (χ2v) is 12.0. The average Bonchev–Trinajstić information content (AvgIpc) is 3.69. The highest BCUT2D eigenvalue weighted by Gasteiger charge is 2.43. The predicted octanol–water partition coefficient (Wildman–Crippen LogP) is 3.91. The molecule has 10 heteroatoms. The van der Waals surface area contributed by atoms with E-state index in [0.29, 0.717) is 32.2 Å². The van der Waals surface area contributed by atoms with Crippen molar-refractivity contribution in [3.8, 4) is 0 Å². The minimum atomic E-state index is -1.36. The molecule has 226 valence electrons. The summed E-state index contributed by atoms with van der Waals surface area (Å²) in [5.74, 6) is -1.63. The number of unbranched alkanes of at least 4 members (excludes halogenated alkanes) is 4. The van der Waals surface area contributed by atoms with E-state index in [9.17, 15) is 29.1 Å². The Kier molecular flexibility index (Phi) is 12.3. The number of carboxylic acid groups (broad SMARTS) is 1. The maximum Gasteiger partial charge on any atom is 0.329 e. The van der Waals surface area contributed by atoms with Crippen LogP contribution in [0.1, 0.15) is 117 Å². The van der Waals surface area contributed by atoms with Crippen molar-refractivity contribution >= 4 is 29.6 Å². The average molecular weight is 563 g/mol. The van der Waals surface area contributed by atoms with Gasteiger partial charge in [0, 0.05) is 12.5 Å². The molecule has 0 radical (unpaired) electrons. The number of urea groups is 1. The van der Waals surface area contributed by atoms with Crippen molar-refractivity contribution in [2.24, 2.45) is 11.8 Å². The van der Waals surface area contributed by atoms with Gasteiger partial charge in [-0.3, -0.25) is 14.4 Å². The highest BCUT2D eigenvalue weighted by Crippen LogP contribution is 2.35. The maximum absolute atomic E-state index is 13.3. The molecule has 3 rings (SSSR count). The van der Waals surface area contributed by atoms with Gasteiger partial charge in [-0.25, -0.2) is 9.59 Å². The summed E-state index contributed by atoms with van der Waals surface area (Å²) in [5.41, 5.74) is -1.36. The molecule has 0 aromatic carbocycles. The van der Waals surface area contributed by atoms with Crippen molar-refractivity contribution in [2.75, 3.05) is 13.1 Å². The Morgan fingerprint density at radius 1 is 0.900 bits per heavy atom. The number of nitrogens with one attached hydrogen (secondary N) is 3.